The van der Waals surface area contributed by atoms with E-state index >= 15 is 0 Å². The zero-order valence-corrected chi connectivity index (χ0v) is 11.7. The summed E-state index contributed by atoms with van der Waals surface area (Å²) in [5, 5.41) is 7.45. The number of anilines is 1. The molecule has 2 rings (SSSR count). The van der Waals surface area contributed by atoms with Gasteiger partial charge in [0.1, 0.15) is 10.8 Å². The van der Waals surface area contributed by atoms with E-state index in [4.69, 9.17) is 4.52 Å². The van der Waals surface area contributed by atoms with Gasteiger partial charge in [0.2, 0.25) is 0 Å². The molecule has 2 aromatic heterocycles. The van der Waals surface area contributed by atoms with Crippen molar-refractivity contribution in [2.24, 2.45) is 0 Å². The van der Waals surface area contributed by atoms with Gasteiger partial charge in [-0.2, -0.15) is 9.36 Å². The van der Waals surface area contributed by atoms with Crippen LogP contribution in [0, 0.1) is 6.92 Å². The van der Waals surface area contributed by atoms with Crippen LogP contribution in [-0.2, 0) is 15.6 Å². The first-order valence-electron chi connectivity index (χ1n) is 5.05. The Kier molecular flexibility index (Phi) is 3.35. The van der Waals surface area contributed by atoms with Crippen LogP contribution in [0.5, 0.6) is 0 Å². The second-order valence-corrected chi connectivity index (χ2v) is 6.72. The topological polar surface area (TPSA) is 98.0 Å². The molecule has 0 spiro atoms. The van der Waals surface area contributed by atoms with Gasteiger partial charge in [0.05, 0.1) is 11.3 Å². The summed E-state index contributed by atoms with van der Waals surface area (Å²) in [7, 11) is -1.40. The van der Waals surface area contributed by atoms with Gasteiger partial charge in [-0.1, -0.05) is 5.16 Å². The molecular weight excluding hydrogens is 276 g/mol. The van der Waals surface area contributed by atoms with Crippen molar-refractivity contribution in [1.29, 1.82) is 0 Å². The summed E-state index contributed by atoms with van der Waals surface area (Å²) in [5.41, 5.74) is 1.48. The minimum absolute atomic E-state index is 0.153. The van der Waals surface area contributed by atoms with Crippen LogP contribution in [0.4, 0.5) is 5.00 Å². The average molecular weight is 288 g/mol. The summed E-state index contributed by atoms with van der Waals surface area (Å²) in [6.07, 6.45) is 1.12. The number of hydrogen-bond donors (Lipinski definition) is 1. The molecule has 9 heteroatoms. The van der Waals surface area contributed by atoms with Gasteiger partial charge in [-0.3, -0.25) is 0 Å². The Labute approximate surface area is 108 Å². The van der Waals surface area contributed by atoms with Crippen molar-refractivity contribution >= 4 is 26.4 Å². The van der Waals surface area contributed by atoms with Gasteiger partial charge in [-0.15, -0.1) is 0 Å². The first-order chi connectivity index (χ1) is 8.40. The number of sulfone groups is 1. The van der Waals surface area contributed by atoms with E-state index < -0.39 is 9.84 Å². The van der Waals surface area contributed by atoms with Crippen molar-refractivity contribution in [2.75, 3.05) is 18.6 Å². The summed E-state index contributed by atoms with van der Waals surface area (Å²) in [6.45, 7) is 1.83. The van der Waals surface area contributed by atoms with Gasteiger partial charge in [-0.25, -0.2) is 8.42 Å². The largest absolute Gasteiger partial charge is 0.378 e. The first kappa shape index (κ1) is 13.0. The smallest absolute Gasteiger partial charge is 0.262 e. The lowest BCUT2D eigenvalue weighted by Crippen LogP contribution is -2.02. The molecule has 0 amide bonds. The van der Waals surface area contributed by atoms with Gasteiger partial charge < -0.3 is 9.84 Å². The third-order valence-corrected chi connectivity index (χ3v) is 3.90. The first-order valence-corrected chi connectivity index (χ1v) is 7.89. The monoisotopic (exact) mass is 288 g/mol. The van der Waals surface area contributed by atoms with E-state index in [2.05, 4.69) is 19.8 Å². The molecule has 1 N–H and O–H groups in total. The molecule has 2 aromatic rings. The molecular formula is C9H12N4O3S2. The van der Waals surface area contributed by atoms with Gasteiger partial charge >= 0.3 is 0 Å². The van der Waals surface area contributed by atoms with Gasteiger partial charge in [0.25, 0.3) is 5.89 Å². The number of nitrogens with zero attached hydrogens (tertiary/aromatic N) is 3. The fourth-order valence-electron chi connectivity index (χ4n) is 1.44. The molecule has 98 valence electrons. The molecule has 0 fully saturated rings. The predicted octanol–water partition coefficient (Wildman–Crippen LogP) is 1.09. The summed E-state index contributed by atoms with van der Waals surface area (Å²) < 4.78 is 31.5. The highest BCUT2D eigenvalue weighted by Gasteiger charge is 2.19. The van der Waals surface area contributed by atoms with E-state index in [-0.39, 0.29) is 17.5 Å². The lowest BCUT2D eigenvalue weighted by molar-refractivity contribution is 0.424. The van der Waals surface area contributed by atoms with Gasteiger partial charge in [-0.05, 0) is 18.5 Å². The Balaban J connectivity index is 2.38. The van der Waals surface area contributed by atoms with Crippen molar-refractivity contribution in [3.63, 3.8) is 0 Å². The van der Waals surface area contributed by atoms with Crippen molar-refractivity contribution in [2.45, 2.75) is 12.7 Å². The summed E-state index contributed by atoms with van der Waals surface area (Å²) >= 11 is 1.29. The van der Waals surface area contributed by atoms with E-state index in [9.17, 15) is 8.42 Å². The van der Waals surface area contributed by atoms with Crippen LogP contribution >= 0.6 is 11.5 Å². The molecule has 0 atom stereocenters. The van der Waals surface area contributed by atoms with Crippen LogP contribution in [0.15, 0.2) is 4.52 Å². The molecule has 0 radical (unpaired) electrons. The predicted molar refractivity (Wildman–Crippen MR) is 68.2 cm³/mol. The van der Waals surface area contributed by atoms with Crippen LogP contribution in [0.3, 0.4) is 0 Å². The molecule has 0 unspecified atom stereocenters. The lowest BCUT2D eigenvalue weighted by atomic mass is 10.2. The molecule has 2 heterocycles. The van der Waals surface area contributed by atoms with Gasteiger partial charge in [0, 0.05) is 13.3 Å². The van der Waals surface area contributed by atoms with E-state index in [1.165, 1.54) is 11.5 Å². The van der Waals surface area contributed by atoms with E-state index in [0.29, 0.717) is 0 Å². The van der Waals surface area contributed by atoms with E-state index in [1.54, 1.807) is 7.05 Å². The minimum atomic E-state index is -3.17. The van der Waals surface area contributed by atoms with E-state index in [1.807, 2.05) is 6.92 Å². The number of rotatable bonds is 4. The fraction of sp³-hybridized carbons (Fsp3) is 0.444. The Morgan fingerprint density at radius 2 is 2.17 bits per heavy atom. The average Bonchev–Trinajstić information content (AvgIpc) is 2.82. The van der Waals surface area contributed by atoms with E-state index in [0.717, 1.165) is 22.5 Å². The molecule has 7 nitrogen and oxygen atoms in total. The molecule has 0 aromatic carbocycles. The number of aromatic nitrogens is 3. The highest BCUT2D eigenvalue weighted by molar-refractivity contribution is 7.89. The second-order valence-electron chi connectivity index (χ2n) is 3.81. The quantitative estimate of drug-likeness (QED) is 0.899. The zero-order valence-electron chi connectivity index (χ0n) is 10.1. The summed E-state index contributed by atoms with van der Waals surface area (Å²) in [5.74, 6) is 0.201. The molecule has 0 aliphatic heterocycles. The lowest BCUT2D eigenvalue weighted by Gasteiger charge is -1.96. The standard InChI is InChI=1S/C9H12N4O3S2/c1-5-7(9(10-2)17-13-5)8-11-6(12-16-8)4-18(3,14)15/h10H,4H2,1-3H3. The second kappa shape index (κ2) is 4.65. The van der Waals surface area contributed by atoms with Crippen LogP contribution < -0.4 is 5.32 Å². The normalized spacial score (nSPS) is 11.7. The molecule has 0 saturated carbocycles. The number of hydrogen-bond acceptors (Lipinski definition) is 8. The summed E-state index contributed by atoms with van der Waals surface area (Å²) in [4.78, 5) is 4.08. The fourth-order valence-corrected chi connectivity index (χ4v) is 2.76. The van der Waals surface area contributed by atoms with Gasteiger partial charge in [0.15, 0.2) is 15.7 Å². The Hall–Kier alpha value is -1.48. The van der Waals surface area contributed by atoms with Crippen LogP contribution in [0.2, 0.25) is 0 Å². The van der Waals surface area contributed by atoms with Crippen molar-refractivity contribution in [3.8, 4) is 11.5 Å². The van der Waals surface area contributed by atoms with Crippen LogP contribution in [0.25, 0.3) is 11.5 Å². The SMILES string of the molecule is CNc1snc(C)c1-c1nc(CS(C)(=O)=O)no1. The third-order valence-electron chi connectivity index (χ3n) is 2.16. The minimum Gasteiger partial charge on any atom is -0.378 e. The zero-order chi connectivity index (χ0) is 13.3. The Morgan fingerprint density at radius 3 is 2.78 bits per heavy atom. The molecule has 18 heavy (non-hydrogen) atoms. The molecule has 0 bridgehead atoms. The van der Waals surface area contributed by atoms with Crippen LogP contribution in [0.1, 0.15) is 11.5 Å². The molecule has 0 aliphatic carbocycles. The maximum Gasteiger partial charge on any atom is 0.262 e. The Bertz CT molecular complexity index is 659. The van der Waals surface area contributed by atoms with Crippen molar-refractivity contribution < 1.29 is 12.9 Å². The van der Waals surface area contributed by atoms with Crippen LogP contribution in [-0.4, -0.2) is 36.2 Å². The maximum atomic E-state index is 11.1. The third kappa shape index (κ3) is 2.67. The molecule has 0 saturated heterocycles. The van der Waals surface area contributed by atoms with Crippen molar-refractivity contribution in [1.82, 2.24) is 14.5 Å². The number of nitrogens with one attached hydrogen (secondary N) is 1. The highest BCUT2D eigenvalue weighted by atomic mass is 32.2. The number of aryl methyl sites for hydroxylation is 1. The highest BCUT2D eigenvalue weighted by Crippen LogP contribution is 2.33. The maximum absolute atomic E-state index is 11.1. The molecule has 0 aliphatic rings. The Morgan fingerprint density at radius 1 is 1.44 bits per heavy atom. The van der Waals surface area contributed by atoms with Crippen molar-refractivity contribution in [3.05, 3.63) is 11.5 Å². The summed E-state index contributed by atoms with van der Waals surface area (Å²) in [6, 6.07) is 0.